The molecule has 2 aliphatic heterocycles. The van der Waals surface area contributed by atoms with Gasteiger partial charge in [0.15, 0.2) is 0 Å². The quantitative estimate of drug-likeness (QED) is 0.629. The summed E-state index contributed by atoms with van der Waals surface area (Å²) in [5.41, 5.74) is 3.39. The molecule has 1 atom stereocenters. The summed E-state index contributed by atoms with van der Waals surface area (Å²) in [5, 5.41) is -0.192. The number of methoxy groups -OCH3 is 1. The fraction of sp³-hybridized carbons (Fsp3) is 0.545. The van der Waals surface area contributed by atoms with Crippen LogP contribution in [0.2, 0.25) is 0 Å². The summed E-state index contributed by atoms with van der Waals surface area (Å²) in [7, 11) is 1.65. The van der Waals surface area contributed by atoms with Gasteiger partial charge in [0, 0.05) is 35.9 Å². The predicted octanol–water partition coefficient (Wildman–Crippen LogP) is 5.25. The van der Waals surface area contributed by atoms with Crippen LogP contribution in [0.5, 0.6) is 5.75 Å². The molecule has 152 valence electrons. The minimum atomic E-state index is -0.207. The lowest BCUT2D eigenvalue weighted by molar-refractivity contribution is -0.122. The number of fused-ring (bicyclic) bond motifs is 1. The normalized spacial score (nSPS) is 22.8. The van der Waals surface area contributed by atoms with Gasteiger partial charge in [0.1, 0.15) is 5.75 Å². The Morgan fingerprint density at radius 2 is 2.00 bits per heavy atom. The van der Waals surface area contributed by atoms with Gasteiger partial charge < -0.3 is 9.64 Å². The second kappa shape index (κ2) is 7.82. The zero-order valence-electron chi connectivity index (χ0n) is 17.7. The number of ether oxygens (including phenoxy) is 1. The van der Waals surface area contributed by atoms with Crippen molar-refractivity contribution in [1.82, 2.24) is 4.90 Å². The largest absolute Gasteiger partial charge is 0.496 e. The van der Waals surface area contributed by atoms with E-state index in [9.17, 15) is 9.59 Å². The third-order valence-corrected chi connectivity index (χ3v) is 6.57. The summed E-state index contributed by atoms with van der Waals surface area (Å²) in [6, 6.07) is 4.21. The summed E-state index contributed by atoms with van der Waals surface area (Å²) in [4.78, 5) is 29.0. The van der Waals surface area contributed by atoms with Crippen molar-refractivity contribution in [3.05, 3.63) is 28.2 Å². The maximum absolute atomic E-state index is 12.6. The van der Waals surface area contributed by atoms with Crippen molar-refractivity contribution in [1.29, 1.82) is 0 Å². The van der Waals surface area contributed by atoms with Gasteiger partial charge in [-0.3, -0.25) is 14.5 Å². The number of anilines is 1. The van der Waals surface area contributed by atoms with Crippen LogP contribution in [-0.4, -0.2) is 41.8 Å². The number of carbonyl (C=O) groups is 2. The van der Waals surface area contributed by atoms with Crippen molar-refractivity contribution >= 4 is 34.7 Å². The summed E-state index contributed by atoms with van der Waals surface area (Å²) in [6.07, 6.45) is 3.63. The first-order valence-corrected chi connectivity index (χ1v) is 10.8. The van der Waals surface area contributed by atoms with Gasteiger partial charge in [-0.05, 0) is 69.0 Å². The first kappa shape index (κ1) is 20.8. The number of amides is 2. The molecule has 0 aromatic heterocycles. The van der Waals surface area contributed by atoms with Crippen molar-refractivity contribution in [2.75, 3.05) is 25.1 Å². The van der Waals surface area contributed by atoms with Crippen LogP contribution >= 0.6 is 11.8 Å². The Bertz CT molecular complexity index is 831. The first-order valence-electron chi connectivity index (χ1n) is 9.98. The molecule has 28 heavy (non-hydrogen) atoms. The van der Waals surface area contributed by atoms with Gasteiger partial charge in [-0.1, -0.05) is 13.8 Å². The third-order valence-electron chi connectivity index (χ3n) is 5.66. The Kier molecular flexibility index (Phi) is 5.80. The first-order chi connectivity index (χ1) is 13.2. The zero-order chi connectivity index (χ0) is 20.6. The number of benzene rings is 1. The monoisotopic (exact) mass is 402 g/mol. The van der Waals surface area contributed by atoms with E-state index in [1.165, 1.54) is 16.2 Å². The molecule has 0 N–H and O–H groups in total. The molecule has 0 radical (unpaired) electrons. The van der Waals surface area contributed by atoms with Gasteiger partial charge in [-0.2, -0.15) is 0 Å². The van der Waals surface area contributed by atoms with Crippen molar-refractivity contribution in [3.63, 3.8) is 0 Å². The van der Waals surface area contributed by atoms with E-state index in [0.29, 0.717) is 17.4 Å². The molecule has 0 bridgehead atoms. The smallest absolute Gasteiger partial charge is 0.293 e. The summed E-state index contributed by atoms with van der Waals surface area (Å²) in [6.45, 7) is 12.3. The van der Waals surface area contributed by atoms with Crippen LogP contribution in [0.25, 0.3) is 6.08 Å². The Labute approximate surface area is 172 Å². The molecule has 1 fully saturated rings. The molecule has 6 heteroatoms. The molecule has 0 spiro atoms. The maximum atomic E-state index is 12.6. The lowest BCUT2D eigenvalue weighted by atomic mass is 9.79. The predicted molar refractivity (Wildman–Crippen MR) is 116 cm³/mol. The fourth-order valence-electron chi connectivity index (χ4n) is 4.47. The molecular formula is C22H30N2O3S. The van der Waals surface area contributed by atoms with Gasteiger partial charge in [0.2, 0.25) is 0 Å². The highest BCUT2D eigenvalue weighted by molar-refractivity contribution is 8.18. The van der Waals surface area contributed by atoms with E-state index < -0.39 is 0 Å². The highest BCUT2D eigenvalue weighted by Gasteiger charge is 2.37. The molecule has 1 aromatic carbocycles. The number of carbonyl (C=O) groups excluding carboxylic acids is 2. The molecule has 2 heterocycles. The topological polar surface area (TPSA) is 49.9 Å². The van der Waals surface area contributed by atoms with E-state index in [1.807, 2.05) is 13.0 Å². The average Bonchev–Trinajstić information content (AvgIpc) is 2.89. The zero-order valence-corrected chi connectivity index (χ0v) is 18.5. The Balaban J connectivity index is 2.06. The standard InChI is InChI=1S/C22H30N2O3S/c1-7-9-23-20(25)19(28-21(23)26)11-15-10-16-14(3)13-22(4,5)24(8-2)17(16)12-18(15)27-6/h10-12,14H,7-9,13H2,1-6H3/b19-11+. The molecule has 2 amide bonds. The van der Waals surface area contributed by atoms with Crippen LogP contribution < -0.4 is 9.64 Å². The van der Waals surface area contributed by atoms with Gasteiger partial charge in [0.25, 0.3) is 11.1 Å². The van der Waals surface area contributed by atoms with E-state index in [2.05, 4.69) is 44.7 Å². The van der Waals surface area contributed by atoms with E-state index in [1.54, 1.807) is 7.11 Å². The SMILES string of the molecule is CCCN1C(=O)S/C(=C/c2cc3c(cc2OC)N(CC)C(C)(C)CC3C)C1=O. The van der Waals surface area contributed by atoms with Crippen molar-refractivity contribution in [2.45, 2.75) is 58.9 Å². The molecule has 1 aromatic rings. The number of imide groups is 1. The maximum Gasteiger partial charge on any atom is 0.293 e. The van der Waals surface area contributed by atoms with Crippen LogP contribution in [-0.2, 0) is 4.79 Å². The van der Waals surface area contributed by atoms with E-state index in [0.717, 1.165) is 42.5 Å². The second-order valence-corrected chi connectivity index (χ2v) is 9.14. The highest BCUT2D eigenvalue weighted by atomic mass is 32.2. The van der Waals surface area contributed by atoms with E-state index >= 15 is 0 Å². The van der Waals surface area contributed by atoms with E-state index in [4.69, 9.17) is 4.74 Å². The molecule has 2 aliphatic rings. The lowest BCUT2D eigenvalue weighted by Crippen LogP contribution is -2.48. The Morgan fingerprint density at radius 1 is 1.29 bits per heavy atom. The summed E-state index contributed by atoms with van der Waals surface area (Å²) >= 11 is 1.01. The summed E-state index contributed by atoms with van der Waals surface area (Å²) < 4.78 is 5.66. The summed E-state index contributed by atoms with van der Waals surface area (Å²) in [5.74, 6) is 0.923. The van der Waals surface area contributed by atoms with Crippen LogP contribution in [0.1, 0.15) is 64.5 Å². The van der Waals surface area contributed by atoms with Crippen molar-refractivity contribution in [3.8, 4) is 5.75 Å². The lowest BCUT2D eigenvalue weighted by Gasteiger charge is -2.47. The molecule has 5 nitrogen and oxygen atoms in total. The Hall–Kier alpha value is -1.95. The van der Waals surface area contributed by atoms with Crippen LogP contribution in [0, 0.1) is 0 Å². The highest BCUT2D eigenvalue weighted by Crippen LogP contribution is 2.46. The second-order valence-electron chi connectivity index (χ2n) is 8.15. The van der Waals surface area contributed by atoms with Gasteiger partial charge >= 0.3 is 0 Å². The Morgan fingerprint density at radius 3 is 2.61 bits per heavy atom. The molecular weight excluding hydrogens is 372 g/mol. The number of hydrogen-bond acceptors (Lipinski definition) is 5. The molecule has 0 saturated carbocycles. The minimum absolute atomic E-state index is 0.0799. The third kappa shape index (κ3) is 3.54. The number of rotatable bonds is 5. The fourth-order valence-corrected chi connectivity index (χ4v) is 5.33. The van der Waals surface area contributed by atoms with Crippen molar-refractivity contribution in [2.24, 2.45) is 0 Å². The molecule has 0 aliphatic carbocycles. The van der Waals surface area contributed by atoms with Gasteiger partial charge in [-0.25, -0.2) is 0 Å². The molecule has 3 rings (SSSR count). The minimum Gasteiger partial charge on any atom is -0.496 e. The van der Waals surface area contributed by atoms with Crippen LogP contribution in [0.3, 0.4) is 0 Å². The molecule has 1 saturated heterocycles. The average molecular weight is 403 g/mol. The van der Waals surface area contributed by atoms with Gasteiger partial charge in [-0.15, -0.1) is 0 Å². The van der Waals surface area contributed by atoms with Gasteiger partial charge in [0.05, 0.1) is 12.0 Å². The molecule has 1 unspecified atom stereocenters. The number of hydrogen-bond donors (Lipinski definition) is 0. The number of thioether (sulfide) groups is 1. The number of nitrogens with zero attached hydrogens (tertiary/aromatic N) is 2. The van der Waals surface area contributed by atoms with Crippen LogP contribution in [0.4, 0.5) is 10.5 Å². The van der Waals surface area contributed by atoms with Crippen molar-refractivity contribution < 1.29 is 14.3 Å². The van der Waals surface area contributed by atoms with Crippen LogP contribution in [0.15, 0.2) is 17.0 Å². The van der Waals surface area contributed by atoms with E-state index in [-0.39, 0.29) is 16.7 Å².